The summed E-state index contributed by atoms with van der Waals surface area (Å²) in [7, 11) is -1.08. The fraction of sp³-hybridized carbons (Fsp3) is 0.545. The molecule has 0 saturated carbocycles. The van der Waals surface area contributed by atoms with Crippen molar-refractivity contribution in [1.82, 2.24) is 0 Å². The van der Waals surface area contributed by atoms with E-state index in [1.807, 2.05) is 5.20 Å². The van der Waals surface area contributed by atoms with Gasteiger partial charge in [0, 0.05) is 0 Å². The van der Waals surface area contributed by atoms with Crippen molar-refractivity contribution < 1.29 is 57.7 Å². The number of allylic oxidation sites excluding steroid dienone is 4. The minimum Gasteiger partial charge on any atom is -1.00 e. The fourth-order valence-electron chi connectivity index (χ4n) is 3.96. The Hall–Kier alpha value is 0.501. The smallest absolute Gasteiger partial charge is 1.00 e. The summed E-state index contributed by atoms with van der Waals surface area (Å²) in [6, 6.07) is 8.75. The van der Waals surface area contributed by atoms with Crippen LogP contribution in [0.1, 0.15) is 69.9 Å². The average Bonchev–Trinajstić information content (AvgIpc) is 2.89. The molecule has 150 valence electrons. The Morgan fingerprint density at radius 2 is 1.48 bits per heavy atom. The van der Waals surface area contributed by atoms with E-state index in [1.54, 1.807) is 14.6 Å². The Kier molecular flexibility index (Phi) is 16.9. The second kappa shape index (κ2) is 15.4. The maximum Gasteiger partial charge on any atom is -1.00 e. The molecule has 0 N–H and O–H groups in total. The summed E-state index contributed by atoms with van der Waals surface area (Å²) in [6.07, 6.45) is 11.8. The van der Waals surface area contributed by atoms with E-state index < -0.39 is 8.80 Å². The third-order valence-corrected chi connectivity index (χ3v) is 9.84. The van der Waals surface area contributed by atoms with Crippen LogP contribution in [-0.4, -0.2) is 8.80 Å². The summed E-state index contributed by atoms with van der Waals surface area (Å²) in [5.41, 5.74) is 4.59. The Labute approximate surface area is 199 Å². The normalized spacial score (nSPS) is 14.1. The average molecular weight is 480 g/mol. The van der Waals surface area contributed by atoms with Crippen molar-refractivity contribution in [3.05, 3.63) is 50.0 Å². The standard InChI is InChI=1S/C22H33Si.3ClH.Ti/c1-5-7-9-14-23(21-16-18(3)15-19(4)17-21)22-13-10-12-20(22)11-8-6-2;;;;/h12,15-17,23H,5-11,14H2,1-4H3;3*1H;/q;;;;+3/p-3. The van der Waals surface area contributed by atoms with Gasteiger partial charge in [-0.15, -0.1) is 0 Å². The summed E-state index contributed by atoms with van der Waals surface area (Å²) in [6.45, 7) is 9.15. The molecule has 0 radical (unpaired) electrons. The molecule has 1 aromatic rings. The van der Waals surface area contributed by atoms with Crippen molar-refractivity contribution in [3.8, 4) is 0 Å². The van der Waals surface area contributed by atoms with Gasteiger partial charge >= 0.3 is 163 Å². The summed E-state index contributed by atoms with van der Waals surface area (Å²) < 4.78 is 1.67. The quantitative estimate of drug-likeness (QED) is 0.259. The molecule has 0 nitrogen and oxygen atoms in total. The van der Waals surface area contributed by atoms with Gasteiger partial charge in [-0.25, -0.2) is 0 Å². The Morgan fingerprint density at radius 1 is 0.889 bits per heavy atom. The Bertz CT molecular complexity index is 606. The first kappa shape index (κ1) is 29.7. The van der Waals surface area contributed by atoms with Crippen LogP contribution >= 0.6 is 0 Å². The molecule has 0 saturated heterocycles. The van der Waals surface area contributed by atoms with Crippen LogP contribution in [0.2, 0.25) is 6.04 Å². The van der Waals surface area contributed by atoms with Gasteiger partial charge in [0.25, 0.3) is 0 Å². The van der Waals surface area contributed by atoms with E-state index in [4.69, 9.17) is 0 Å². The summed E-state index contributed by atoms with van der Waals surface area (Å²) in [4.78, 5) is 0. The zero-order chi connectivity index (χ0) is 17.5. The van der Waals surface area contributed by atoms with Gasteiger partial charge < -0.3 is 37.2 Å². The molecule has 1 aliphatic carbocycles. The van der Waals surface area contributed by atoms with Crippen LogP contribution in [0.5, 0.6) is 0 Å². The van der Waals surface area contributed by atoms with Crippen LogP contribution in [0.3, 0.4) is 0 Å². The van der Waals surface area contributed by atoms with E-state index in [0.29, 0.717) is 0 Å². The van der Waals surface area contributed by atoms with E-state index in [1.165, 1.54) is 62.1 Å². The number of rotatable bonds is 9. The zero-order valence-electron chi connectivity index (χ0n) is 17.2. The third-order valence-electron chi connectivity index (χ3n) is 5.11. The van der Waals surface area contributed by atoms with Crippen molar-refractivity contribution >= 4 is 14.0 Å². The number of aryl methyl sites for hydroxylation is 2. The maximum absolute atomic E-state index is 2.54. The van der Waals surface area contributed by atoms with Gasteiger partial charge in [-0.3, -0.25) is 0 Å². The Morgan fingerprint density at radius 3 is 2.04 bits per heavy atom. The minimum atomic E-state index is -1.08. The van der Waals surface area contributed by atoms with Crippen LogP contribution < -0.4 is 42.4 Å². The molecule has 27 heavy (non-hydrogen) atoms. The van der Waals surface area contributed by atoms with E-state index in [9.17, 15) is 0 Å². The van der Waals surface area contributed by atoms with Crippen molar-refractivity contribution in [2.45, 2.75) is 78.7 Å². The van der Waals surface area contributed by atoms with Gasteiger partial charge in [0.15, 0.2) is 0 Å². The number of benzene rings is 1. The van der Waals surface area contributed by atoms with Crippen molar-refractivity contribution in [3.63, 3.8) is 0 Å². The van der Waals surface area contributed by atoms with Crippen LogP contribution in [0.15, 0.2) is 38.9 Å². The minimum absolute atomic E-state index is 0. The first-order valence-electron chi connectivity index (χ1n) is 9.79. The number of hydrogen-bond acceptors (Lipinski definition) is 0. The van der Waals surface area contributed by atoms with Gasteiger partial charge in [0.05, 0.1) is 0 Å². The fourth-order valence-corrected chi connectivity index (χ4v) is 9.02. The monoisotopic (exact) mass is 478 g/mol. The molecular formula is C22H33Cl3SiTi. The second-order valence-corrected chi connectivity index (χ2v) is 11.3. The molecule has 0 amide bonds. The van der Waals surface area contributed by atoms with Gasteiger partial charge in [-0.1, -0.05) is 0 Å². The van der Waals surface area contributed by atoms with Crippen molar-refractivity contribution in [2.75, 3.05) is 0 Å². The molecular weight excluding hydrogens is 447 g/mol. The molecule has 0 fully saturated rings. The molecule has 1 aliphatic rings. The maximum atomic E-state index is 2.54. The zero-order valence-corrected chi connectivity index (χ0v) is 22.2. The molecule has 0 bridgehead atoms. The van der Waals surface area contributed by atoms with E-state index in [2.05, 4.69) is 72.4 Å². The van der Waals surface area contributed by atoms with Gasteiger partial charge in [-0.2, -0.15) is 0 Å². The molecule has 1 aromatic carbocycles. The Balaban J connectivity index is 0. The van der Waals surface area contributed by atoms with Crippen molar-refractivity contribution in [1.29, 1.82) is 0 Å². The molecule has 1 unspecified atom stereocenters. The van der Waals surface area contributed by atoms with E-state index >= 15 is 0 Å². The molecule has 2 rings (SSSR count). The number of hydrogen-bond donors (Lipinski definition) is 0. The van der Waals surface area contributed by atoms with Gasteiger partial charge in [0.2, 0.25) is 0 Å². The first-order chi connectivity index (χ1) is 11.6. The second-order valence-electron chi connectivity index (χ2n) is 7.40. The summed E-state index contributed by atoms with van der Waals surface area (Å²) in [5.74, 6) is 0. The molecule has 0 heterocycles. The third kappa shape index (κ3) is 8.81. The summed E-state index contributed by atoms with van der Waals surface area (Å²) >= 11 is 2.40. The molecule has 0 spiro atoms. The van der Waals surface area contributed by atoms with Gasteiger partial charge in [-0.05, 0) is 0 Å². The molecule has 5 heteroatoms. The summed E-state index contributed by atoms with van der Waals surface area (Å²) in [5, 5.41) is 3.51. The molecule has 0 aliphatic heterocycles. The molecule has 1 atom stereocenters. The predicted molar refractivity (Wildman–Crippen MR) is 106 cm³/mol. The largest absolute Gasteiger partial charge is 1.00 e. The van der Waals surface area contributed by atoms with Crippen LogP contribution in [0, 0.1) is 13.8 Å². The van der Waals surface area contributed by atoms with Crippen LogP contribution in [0.4, 0.5) is 0 Å². The topological polar surface area (TPSA) is 0 Å². The number of unbranched alkanes of at least 4 members (excludes halogenated alkanes) is 3. The van der Waals surface area contributed by atoms with Crippen LogP contribution in [-0.2, 0) is 20.4 Å². The van der Waals surface area contributed by atoms with Gasteiger partial charge in [0.1, 0.15) is 0 Å². The van der Waals surface area contributed by atoms with Crippen molar-refractivity contribution in [2.24, 2.45) is 0 Å². The van der Waals surface area contributed by atoms with Crippen LogP contribution in [0.25, 0.3) is 0 Å². The predicted octanol–water partition coefficient (Wildman–Crippen LogP) is -3.20. The molecule has 0 aromatic heterocycles. The number of halogens is 3. The first-order valence-corrected chi connectivity index (χ1v) is 12.5. The SMILES string of the molecule is CCCCC[SiH](C1=[C]([Ti+3])CC=C1CCCC)c1cc(C)cc(C)c1.[Cl-].[Cl-].[Cl-]. The van der Waals surface area contributed by atoms with E-state index in [-0.39, 0.29) is 37.2 Å². The van der Waals surface area contributed by atoms with E-state index in [0.717, 1.165) is 0 Å².